The van der Waals surface area contributed by atoms with Crippen LogP contribution in [-0.4, -0.2) is 34.1 Å². The van der Waals surface area contributed by atoms with Gasteiger partial charge in [-0.15, -0.1) is 11.3 Å². The molecule has 34 heavy (non-hydrogen) atoms. The first-order valence-corrected chi connectivity index (χ1v) is 12.5. The lowest BCUT2D eigenvalue weighted by atomic mass is 10.0. The number of carbonyl (C=O) groups excluding carboxylic acids is 1. The first-order chi connectivity index (χ1) is 16.3. The van der Waals surface area contributed by atoms with Crippen LogP contribution < -0.4 is 10.6 Å². The van der Waals surface area contributed by atoms with E-state index in [1.54, 1.807) is 35.2 Å². The monoisotopic (exact) mass is 490 g/mol. The Morgan fingerprint density at radius 2 is 1.88 bits per heavy atom. The second-order valence-corrected chi connectivity index (χ2v) is 9.61. The highest BCUT2D eigenvalue weighted by atomic mass is 32.1. The van der Waals surface area contributed by atoms with Crippen LogP contribution in [-0.2, 0) is 13.2 Å². The maximum atomic E-state index is 12.9. The molecule has 4 heterocycles. The van der Waals surface area contributed by atoms with E-state index in [0.717, 1.165) is 36.3 Å². The van der Waals surface area contributed by atoms with Crippen LogP contribution in [0.3, 0.4) is 0 Å². The van der Waals surface area contributed by atoms with Crippen LogP contribution >= 0.6 is 11.3 Å². The lowest BCUT2D eigenvalue weighted by Crippen LogP contribution is -2.26. The van der Waals surface area contributed by atoms with Crippen molar-refractivity contribution in [2.75, 3.05) is 6.54 Å². The molecule has 0 unspecified atom stereocenters. The molecule has 9 heteroatoms. The van der Waals surface area contributed by atoms with Crippen LogP contribution in [0.1, 0.15) is 55.1 Å². The number of fused-ring (bicyclic) bond motifs is 2. The number of halogens is 3. The third kappa shape index (κ3) is 5.52. The zero-order chi connectivity index (χ0) is 24.3. The Hall–Kier alpha value is -2.65. The average Bonchev–Trinajstić information content (AvgIpc) is 3.62. The molecule has 1 aromatic carbocycles. The number of nitrogens with one attached hydrogen (secondary N) is 2. The quantitative estimate of drug-likeness (QED) is 0.470. The van der Waals surface area contributed by atoms with Gasteiger partial charge in [0.2, 0.25) is 0 Å². The van der Waals surface area contributed by atoms with Gasteiger partial charge >= 0.3 is 6.18 Å². The maximum Gasteiger partial charge on any atom is 0.416 e. The molecule has 2 bridgehead atoms. The molecule has 2 aliphatic rings. The molecule has 2 aliphatic heterocycles. The van der Waals surface area contributed by atoms with Crippen molar-refractivity contribution in [2.24, 2.45) is 7.05 Å². The van der Waals surface area contributed by atoms with Crippen LogP contribution in [0, 0.1) is 0 Å². The molecule has 5 rings (SSSR count). The number of carbonyl (C=O) groups is 1. The standard InChI is InChI=1S/C19H18F3N3OS.C6H11N/c1-3-9-23-17(26)15-7-8-16(25(15)2)18-24-14(11-27-18)12-5-4-6-13(10-12)19(20,21)22;1-2-6-4-3-5(1)7-6/h4-8,10-11H,3,9H2,1-2H3,(H,23,26);5-7H,1-4H2. The van der Waals surface area contributed by atoms with Crippen molar-refractivity contribution in [1.29, 1.82) is 0 Å². The lowest BCUT2D eigenvalue weighted by Gasteiger charge is -2.07. The van der Waals surface area contributed by atoms with Crippen LogP contribution in [0.5, 0.6) is 0 Å². The summed E-state index contributed by atoms with van der Waals surface area (Å²) >= 11 is 1.32. The van der Waals surface area contributed by atoms with Gasteiger partial charge in [-0.2, -0.15) is 13.2 Å². The highest BCUT2D eigenvalue weighted by Gasteiger charge is 2.31. The largest absolute Gasteiger partial charge is 0.416 e. The Labute approximate surface area is 201 Å². The molecule has 0 radical (unpaired) electrons. The van der Waals surface area contributed by atoms with Gasteiger partial charge in [0.25, 0.3) is 5.91 Å². The van der Waals surface area contributed by atoms with Gasteiger partial charge in [0.1, 0.15) is 10.7 Å². The van der Waals surface area contributed by atoms with Crippen molar-refractivity contribution < 1.29 is 18.0 Å². The van der Waals surface area contributed by atoms with Crippen molar-refractivity contribution >= 4 is 17.2 Å². The van der Waals surface area contributed by atoms with E-state index in [-0.39, 0.29) is 5.91 Å². The van der Waals surface area contributed by atoms with E-state index in [9.17, 15) is 18.0 Å². The SMILES string of the molecule is C1CC2CCC1N2.CCCNC(=O)c1ccc(-c2nc(-c3cccc(C(F)(F)F)c3)cs2)n1C. The number of benzene rings is 1. The molecule has 2 N–H and O–H groups in total. The fourth-order valence-electron chi connectivity index (χ4n) is 4.42. The summed E-state index contributed by atoms with van der Waals surface area (Å²) in [6.45, 7) is 2.57. The summed E-state index contributed by atoms with van der Waals surface area (Å²) in [6.07, 6.45) is 2.24. The fraction of sp³-hybridized carbons (Fsp3) is 0.440. The van der Waals surface area contributed by atoms with E-state index in [4.69, 9.17) is 0 Å². The van der Waals surface area contributed by atoms with Crippen molar-refractivity contribution in [3.63, 3.8) is 0 Å². The van der Waals surface area contributed by atoms with Gasteiger partial charge in [-0.05, 0) is 56.4 Å². The minimum atomic E-state index is -4.40. The van der Waals surface area contributed by atoms with E-state index in [1.807, 2.05) is 6.92 Å². The minimum absolute atomic E-state index is 0.166. The third-order valence-electron chi connectivity index (χ3n) is 6.30. The van der Waals surface area contributed by atoms with Gasteiger partial charge < -0.3 is 15.2 Å². The Morgan fingerprint density at radius 3 is 2.47 bits per heavy atom. The van der Waals surface area contributed by atoms with Gasteiger partial charge in [0, 0.05) is 36.6 Å². The second-order valence-electron chi connectivity index (χ2n) is 8.75. The van der Waals surface area contributed by atoms with E-state index >= 15 is 0 Å². The van der Waals surface area contributed by atoms with E-state index < -0.39 is 11.7 Å². The van der Waals surface area contributed by atoms with Crippen LogP contribution in [0.4, 0.5) is 13.2 Å². The maximum absolute atomic E-state index is 12.9. The molecule has 2 aromatic heterocycles. The smallest absolute Gasteiger partial charge is 0.351 e. The van der Waals surface area contributed by atoms with Crippen LogP contribution in [0.25, 0.3) is 22.0 Å². The van der Waals surface area contributed by atoms with Crippen molar-refractivity contribution in [2.45, 2.75) is 57.3 Å². The van der Waals surface area contributed by atoms with E-state index in [1.165, 1.54) is 43.1 Å². The van der Waals surface area contributed by atoms with Crippen LogP contribution in [0.15, 0.2) is 41.8 Å². The molecule has 182 valence electrons. The van der Waals surface area contributed by atoms with Gasteiger partial charge in [0.05, 0.1) is 17.0 Å². The number of thiazole rings is 1. The average molecular weight is 491 g/mol. The van der Waals surface area contributed by atoms with Gasteiger partial charge in [-0.3, -0.25) is 4.79 Å². The molecule has 2 fully saturated rings. The number of alkyl halides is 3. The summed E-state index contributed by atoms with van der Waals surface area (Å²) in [7, 11) is 1.77. The number of hydrogen-bond acceptors (Lipinski definition) is 4. The van der Waals surface area contributed by atoms with Crippen LogP contribution in [0.2, 0.25) is 0 Å². The normalized spacial score (nSPS) is 19.1. The molecule has 0 saturated carbocycles. The lowest BCUT2D eigenvalue weighted by molar-refractivity contribution is -0.137. The van der Waals surface area contributed by atoms with Crippen molar-refractivity contribution in [1.82, 2.24) is 20.2 Å². The molecular formula is C25H29F3N4OS. The summed E-state index contributed by atoms with van der Waals surface area (Å²) in [5.41, 5.74) is 1.42. The number of aromatic nitrogens is 2. The van der Waals surface area contributed by atoms with E-state index in [0.29, 0.717) is 28.5 Å². The highest BCUT2D eigenvalue weighted by Crippen LogP contribution is 2.34. The molecule has 2 saturated heterocycles. The second kappa shape index (κ2) is 10.3. The summed E-state index contributed by atoms with van der Waals surface area (Å²) in [6, 6.07) is 10.4. The predicted molar refractivity (Wildman–Crippen MR) is 129 cm³/mol. The topological polar surface area (TPSA) is 58.9 Å². The Kier molecular flexibility index (Phi) is 7.42. The number of rotatable bonds is 5. The number of amides is 1. The Balaban J connectivity index is 0.000000328. The summed E-state index contributed by atoms with van der Waals surface area (Å²) in [5, 5.41) is 8.71. The summed E-state index contributed by atoms with van der Waals surface area (Å²) in [4.78, 5) is 16.6. The highest BCUT2D eigenvalue weighted by molar-refractivity contribution is 7.13. The Morgan fingerprint density at radius 1 is 1.18 bits per heavy atom. The molecule has 1 amide bonds. The molecule has 3 aromatic rings. The van der Waals surface area contributed by atoms with Gasteiger partial charge in [-0.1, -0.05) is 19.1 Å². The zero-order valence-corrected chi connectivity index (χ0v) is 20.1. The first kappa shape index (κ1) is 24.5. The van der Waals surface area contributed by atoms with Gasteiger partial charge in [-0.25, -0.2) is 4.98 Å². The number of nitrogens with zero attached hydrogens (tertiary/aromatic N) is 2. The summed E-state index contributed by atoms with van der Waals surface area (Å²) in [5.74, 6) is -0.166. The van der Waals surface area contributed by atoms with Crippen molar-refractivity contribution in [3.8, 4) is 22.0 Å². The predicted octanol–water partition coefficient (Wildman–Crippen LogP) is 5.88. The minimum Gasteiger partial charge on any atom is -0.351 e. The van der Waals surface area contributed by atoms with E-state index in [2.05, 4.69) is 15.6 Å². The molecule has 0 atom stereocenters. The molecular weight excluding hydrogens is 461 g/mol. The molecule has 0 aliphatic carbocycles. The van der Waals surface area contributed by atoms with Crippen molar-refractivity contribution in [3.05, 3.63) is 53.0 Å². The summed E-state index contributed by atoms with van der Waals surface area (Å²) < 4.78 is 40.5. The first-order valence-electron chi connectivity index (χ1n) is 11.6. The molecule has 0 spiro atoms. The number of hydrogen-bond donors (Lipinski definition) is 2. The molecule has 5 nitrogen and oxygen atoms in total. The van der Waals surface area contributed by atoms with Gasteiger partial charge in [0.15, 0.2) is 0 Å². The Bertz CT molecular complexity index is 1120. The fourth-order valence-corrected chi connectivity index (χ4v) is 5.31. The third-order valence-corrected chi connectivity index (χ3v) is 7.16. The zero-order valence-electron chi connectivity index (χ0n) is 19.3.